The maximum absolute atomic E-state index is 6.26. The third-order valence-corrected chi connectivity index (χ3v) is 4.03. The lowest BCUT2D eigenvalue weighted by Crippen LogP contribution is -2.19. The molecule has 3 unspecified atom stereocenters. The van der Waals surface area contributed by atoms with Gasteiger partial charge >= 0.3 is 0 Å². The van der Waals surface area contributed by atoms with E-state index in [0.29, 0.717) is 12.0 Å². The molecule has 0 spiro atoms. The number of aromatic nitrogens is 3. The van der Waals surface area contributed by atoms with E-state index in [1.807, 2.05) is 19.1 Å². The molecular weight excluding hydrogens is 262 g/mol. The maximum atomic E-state index is 6.26. The number of rotatable bonds is 3. The molecule has 0 amide bonds. The van der Waals surface area contributed by atoms with Gasteiger partial charge < -0.3 is 9.30 Å². The fraction of sp³-hybridized carbons (Fsp3) is 0.571. The second-order valence-electron chi connectivity index (χ2n) is 5.17. The molecule has 1 fully saturated rings. The second-order valence-corrected chi connectivity index (χ2v) is 5.82. The lowest BCUT2D eigenvalue weighted by Gasteiger charge is -2.17. The highest BCUT2D eigenvalue weighted by molar-refractivity contribution is 6.20. The quantitative estimate of drug-likeness (QED) is 0.810. The first-order chi connectivity index (χ1) is 9.16. The van der Waals surface area contributed by atoms with Crippen molar-refractivity contribution in [2.24, 2.45) is 5.92 Å². The Morgan fingerprint density at radius 2 is 2.42 bits per heavy atom. The number of fused-ring (bicyclic) bond motifs is 1. The molecule has 1 aliphatic rings. The molecule has 5 heteroatoms. The molecule has 3 heterocycles. The van der Waals surface area contributed by atoms with Gasteiger partial charge in [0.2, 0.25) is 0 Å². The normalized spacial score (nSPS) is 25.0. The Morgan fingerprint density at radius 3 is 3.11 bits per heavy atom. The van der Waals surface area contributed by atoms with E-state index >= 15 is 0 Å². The van der Waals surface area contributed by atoms with E-state index in [2.05, 4.69) is 21.5 Å². The highest BCUT2D eigenvalue weighted by Crippen LogP contribution is 2.28. The number of hydrogen-bond donors (Lipinski definition) is 0. The molecule has 2 aromatic rings. The van der Waals surface area contributed by atoms with Crippen LogP contribution in [0.2, 0.25) is 0 Å². The van der Waals surface area contributed by atoms with Gasteiger partial charge in [-0.1, -0.05) is 0 Å². The highest BCUT2D eigenvalue weighted by Gasteiger charge is 2.27. The van der Waals surface area contributed by atoms with Crippen LogP contribution in [0.15, 0.2) is 18.3 Å². The summed E-state index contributed by atoms with van der Waals surface area (Å²) in [6, 6.07) is 3.89. The second kappa shape index (κ2) is 5.10. The van der Waals surface area contributed by atoms with Crippen LogP contribution in [0.4, 0.5) is 0 Å². The summed E-state index contributed by atoms with van der Waals surface area (Å²) in [7, 11) is 0. The smallest absolute Gasteiger partial charge is 0.160 e. The number of ether oxygens (including phenoxy) is 1. The van der Waals surface area contributed by atoms with Crippen molar-refractivity contribution in [2.45, 2.75) is 38.3 Å². The first kappa shape index (κ1) is 12.9. The van der Waals surface area contributed by atoms with Crippen molar-refractivity contribution in [1.82, 2.24) is 14.5 Å². The van der Waals surface area contributed by atoms with Crippen LogP contribution in [0.1, 0.15) is 31.5 Å². The molecule has 102 valence electrons. The van der Waals surface area contributed by atoms with E-state index in [0.717, 1.165) is 36.6 Å². The van der Waals surface area contributed by atoms with Gasteiger partial charge in [-0.25, -0.2) is 9.97 Å². The van der Waals surface area contributed by atoms with E-state index in [9.17, 15) is 0 Å². The summed E-state index contributed by atoms with van der Waals surface area (Å²) in [5.74, 6) is 1.41. The molecule has 0 bridgehead atoms. The zero-order valence-electron chi connectivity index (χ0n) is 11.2. The van der Waals surface area contributed by atoms with E-state index in [4.69, 9.17) is 16.3 Å². The standard InChI is InChI=1S/C14H18ClN3O/c1-9(15)13-17-12-4-3-6-16-14(12)18(13)8-11-5-7-19-10(11)2/h3-4,6,9-11H,5,7-8H2,1-2H3. The van der Waals surface area contributed by atoms with Crippen LogP contribution < -0.4 is 0 Å². The molecule has 3 rings (SSSR count). The van der Waals surface area contributed by atoms with Crippen molar-refractivity contribution in [3.05, 3.63) is 24.2 Å². The summed E-state index contributed by atoms with van der Waals surface area (Å²) in [5, 5.41) is -0.119. The molecule has 0 aliphatic carbocycles. The Labute approximate surface area is 117 Å². The zero-order valence-corrected chi connectivity index (χ0v) is 12.0. The first-order valence-electron chi connectivity index (χ1n) is 6.73. The lowest BCUT2D eigenvalue weighted by molar-refractivity contribution is 0.102. The minimum Gasteiger partial charge on any atom is -0.378 e. The van der Waals surface area contributed by atoms with Gasteiger partial charge in [-0.05, 0) is 32.4 Å². The number of imidazole rings is 1. The molecule has 1 saturated heterocycles. The fourth-order valence-electron chi connectivity index (χ4n) is 2.71. The monoisotopic (exact) mass is 279 g/mol. The van der Waals surface area contributed by atoms with Gasteiger partial charge in [0.1, 0.15) is 11.3 Å². The third-order valence-electron chi connectivity index (χ3n) is 3.84. The summed E-state index contributed by atoms with van der Waals surface area (Å²) in [5.41, 5.74) is 1.83. The van der Waals surface area contributed by atoms with Gasteiger partial charge in [0.15, 0.2) is 5.65 Å². The van der Waals surface area contributed by atoms with Gasteiger partial charge in [-0.2, -0.15) is 0 Å². The Morgan fingerprint density at radius 1 is 1.58 bits per heavy atom. The number of alkyl halides is 1. The molecule has 4 nitrogen and oxygen atoms in total. The summed E-state index contributed by atoms with van der Waals surface area (Å²) in [4.78, 5) is 9.06. The molecule has 19 heavy (non-hydrogen) atoms. The lowest BCUT2D eigenvalue weighted by atomic mass is 10.0. The van der Waals surface area contributed by atoms with Crippen LogP contribution in [0.3, 0.4) is 0 Å². The molecule has 1 aliphatic heterocycles. The van der Waals surface area contributed by atoms with Crippen molar-refractivity contribution in [3.8, 4) is 0 Å². The molecule has 0 aromatic carbocycles. The highest BCUT2D eigenvalue weighted by atomic mass is 35.5. The third kappa shape index (κ3) is 2.35. The Hall–Kier alpha value is -1.13. The largest absolute Gasteiger partial charge is 0.378 e. The van der Waals surface area contributed by atoms with Crippen LogP contribution in [0.25, 0.3) is 11.2 Å². The Kier molecular flexibility index (Phi) is 3.46. The van der Waals surface area contributed by atoms with E-state index < -0.39 is 0 Å². The van der Waals surface area contributed by atoms with Crippen molar-refractivity contribution in [1.29, 1.82) is 0 Å². The van der Waals surface area contributed by atoms with Crippen LogP contribution in [0.5, 0.6) is 0 Å². The van der Waals surface area contributed by atoms with Gasteiger partial charge in [-0.15, -0.1) is 11.6 Å². The van der Waals surface area contributed by atoms with Gasteiger partial charge in [0.05, 0.1) is 11.5 Å². The van der Waals surface area contributed by atoms with E-state index in [1.54, 1.807) is 6.20 Å². The summed E-state index contributed by atoms with van der Waals surface area (Å²) < 4.78 is 7.80. The topological polar surface area (TPSA) is 39.9 Å². The van der Waals surface area contributed by atoms with Gasteiger partial charge in [-0.3, -0.25) is 0 Å². The van der Waals surface area contributed by atoms with Gasteiger partial charge in [0, 0.05) is 25.3 Å². The van der Waals surface area contributed by atoms with Crippen LogP contribution >= 0.6 is 11.6 Å². The van der Waals surface area contributed by atoms with Crippen molar-refractivity contribution < 1.29 is 4.74 Å². The van der Waals surface area contributed by atoms with Crippen LogP contribution in [-0.2, 0) is 11.3 Å². The first-order valence-corrected chi connectivity index (χ1v) is 7.17. The average Bonchev–Trinajstić information content (AvgIpc) is 2.95. The van der Waals surface area contributed by atoms with E-state index in [1.165, 1.54) is 0 Å². The molecule has 0 N–H and O–H groups in total. The van der Waals surface area contributed by atoms with Crippen LogP contribution in [-0.4, -0.2) is 27.2 Å². The number of pyridine rings is 1. The summed E-state index contributed by atoms with van der Waals surface area (Å²) in [6.45, 7) is 5.81. The van der Waals surface area contributed by atoms with Gasteiger partial charge in [0.25, 0.3) is 0 Å². The van der Waals surface area contributed by atoms with Crippen LogP contribution in [0, 0.1) is 5.92 Å². The summed E-state index contributed by atoms with van der Waals surface area (Å²) >= 11 is 6.26. The number of hydrogen-bond acceptors (Lipinski definition) is 3. The molecule has 0 radical (unpaired) electrons. The zero-order chi connectivity index (χ0) is 13.4. The van der Waals surface area contributed by atoms with Crippen molar-refractivity contribution in [3.63, 3.8) is 0 Å². The Balaban J connectivity index is 2.02. The van der Waals surface area contributed by atoms with E-state index in [-0.39, 0.29) is 5.38 Å². The predicted octanol–water partition coefficient (Wildman–Crippen LogP) is 3.16. The average molecular weight is 280 g/mol. The SMILES string of the molecule is CC(Cl)c1nc2cccnc2n1CC1CCOC1C. The summed E-state index contributed by atoms with van der Waals surface area (Å²) in [6.07, 6.45) is 3.18. The molecule has 3 atom stereocenters. The predicted molar refractivity (Wildman–Crippen MR) is 75.3 cm³/mol. The Bertz CT molecular complexity index is 581. The van der Waals surface area contributed by atoms with Crippen molar-refractivity contribution >= 4 is 22.8 Å². The molecule has 0 saturated carbocycles. The maximum Gasteiger partial charge on any atom is 0.160 e. The molecular formula is C14H18ClN3O. The fourth-order valence-corrected chi connectivity index (χ4v) is 2.88. The van der Waals surface area contributed by atoms with Crippen molar-refractivity contribution in [2.75, 3.05) is 6.61 Å². The minimum atomic E-state index is -0.119. The number of nitrogens with zero attached hydrogens (tertiary/aromatic N) is 3. The molecule has 2 aromatic heterocycles. The minimum absolute atomic E-state index is 0.119. The number of halogens is 1.